The molecule has 0 radical (unpaired) electrons. The molecule has 0 bridgehead atoms. The Morgan fingerprint density at radius 2 is 2.31 bits per heavy atom. The second-order valence-electron chi connectivity index (χ2n) is 3.41. The highest BCUT2D eigenvalue weighted by Crippen LogP contribution is 2.17. The van der Waals surface area contributed by atoms with Crippen LogP contribution < -0.4 is 4.90 Å². The maximum Gasteiger partial charge on any atom is 0.244 e. The van der Waals surface area contributed by atoms with Gasteiger partial charge in [0.05, 0.1) is 6.07 Å². The van der Waals surface area contributed by atoms with Crippen LogP contribution in [0.15, 0.2) is 24.3 Å². The second kappa shape index (κ2) is 5.26. The van der Waals surface area contributed by atoms with Crippen LogP contribution in [0.1, 0.15) is 13.8 Å². The third kappa shape index (κ3) is 2.57. The Morgan fingerprint density at radius 3 is 2.81 bits per heavy atom. The first-order valence-electron chi connectivity index (χ1n) is 5.06. The number of carbonyl (C=O) groups excluding carboxylic acids is 1. The lowest BCUT2D eigenvalue weighted by atomic mass is 10.1. The molecule has 0 aromatic heterocycles. The van der Waals surface area contributed by atoms with Crippen LogP contribution in [0.5, 0.6) is 0 Å². The van der Waals surface area contributed by atoms with Gasteiger partial charge >= 0.3 is 0 Å². The van der Waals surface area contributed by atoms with Crippen molar-refractivity contribution in [3.63, 3.8) is 0 Å². The predicted molar refractivity (Wildman–Crippen MR) is 59.2 cm³/mol. The molecule has 1 unspecified atom stereocenters. The minimum absolute atomic E-state index is 0.310. The summed E-state index contributed by atoms with van der Waals surface area (Å²) in [5.74, 6) is -1.42. The largest absolute Gasteiger partial charge is 0.311 e. The number of anilines is 1. The standard InChI is InChI=1S/C12H13FN2O/c1-3-15(12(16)9(2)8-14)11-6-4-5-10(13)7-11/h4-7,9H,3H2,1-2H3. The van der Waals surface area contributed by atoms with Crippen LogP contribution >= 0.6 is 0 Å². The van der Waals surface area contributed by atoms with Gasteiger partial charge in [0.2, 0.25) is 5.91 Å². The van der Waals surface area contributed by atoms with E-state index in [9.17, 15) is 9.18 Å². The third-order valence-corrected chi connectivity index (χ3v) is 2.27. The SMILES string of the molecule is CCN(C(=O)C(C)C#N)c1cccc(F)c1. The fourth-order valence-electron chi connectivity index (χ4n) is 1.40. The number of rotatable bonds is 3. The number of hydrogen-bond acceptors (Lipinski definition) is 2. The zero-order chi connectivity index (χ0) is 12.1. The molecule has 0 saturated heterocycles. The first kappa shape index (κ1) is 12.2. The number of carbonyl (C=O) groups is 1. The maximum absolute atomic E-state index is 13.0. The van der Waals surface area contributed by atoms with Crippen LogP contribution in [-0.2, 0) is 4.79 Å². The van der Waals surface area contributed by atoms with Gasteiger partial charge in [-0.25, -0.2) is 4.39 Å². The van der Waals surface area contributed by atoms with E-state index in [1.807, 2.05) is 6.07 Å². The minimum atomic E-state index is -0.719. The highest BCUT2D eigenvalue weighted by atomic mass is 19.1. The lowest BCUT2D eigenvalue weighted by molar-refractivity contribution is -0.120. The van der Waals surface area contributed by atoms with Crippen molar-refractivity contribution in [2.24, 2.45) is 5.92 Å². The van der Waals surface area contributed by atoms with E-state index in [1.54, 1.807) is 13.0 Å². The summed E-state index contributed by atoms with van der Waals surface area (Å²) in [6, 6.07) is 7.66. The van der Waals surface area contributed by atoms with E-state index in [2.05, 4.69) is 0 Å². The van der Waals surface area contributed by atoms with E-state index in [-0.39, 0.29) is 5.91 Å². The normalized spacial score (nSPS) is 11.6. The monoisotopic (exact) mass is 220 g/mol. The summed E-state index contributed by atoms with van der Waals surface area (Å²) in [6.07, 6.45) is 0. The molecular weight excluding hydrogens is 207 g/mol. The highest BCUT2D eigenvalue weighted by molar-refractivity contribution is 5.96. The Morgan fingerprint density at radius 1 is 1.62 bits per heavy atom. The number of nitriles is 1. The number of benzene rings is 1. The summed E-state index contributed by atoms with van der Waals surface area (Å²) in [5, 5.41) is 8.68. The zero-order valence-corrected chi connectivity index (χ0v) is 9.27. The summed E-state index contributed by atoms with van der Waals surface area (Å²) >= 11 is 0. The van der Waals surface area contributed by atoms with Crippen molar-refractivity contribution in [1.82, 2.24) is 0 Å². The number of nitrogens with zero attached hydrogens (tertiary/aromatic N) is 2. The fourth-order valence-corrected chi connectivity index (χ4v) is 1.40. The number of hydrogen-bond donors (Lipinski definition) is 0. The molecule has 84 valence electrons. The topological polar surface area (TPSA) is 44.1 Å². The lowest BCUT2D eigenvalue weighted by Crippen LogP contribution is -2.34. The maximum atomic E-state index is 13.0. The molecular formula is C12H13FN2O. The molecule has 0 aliphatic carbocycles. The molecule has 0 aliphatic rings. The summed E-state index contributed by atoms with van der Waals surface area (Å²) in [7, 11) is 0. The molecule has 1 rings (SSSR count). The molecule has 1 aromatic rings. The molecule has 0 N–H and O–H groups in total. The van der Waals surface area contributed by atoms with Gasteiger partial charge in [0.1, 0.15) is 11.7 Å². The van der Waals surface area contributed by atoms with Gasteiger partial charge in [0.15, 0.2) is 0 Å². The average Bonchev–Trinajstić information content (AvgIpc) is 2.29. The van der Waals surface area contributed by atoms with Crippen LogP contribution in [0.25, 0.3) is 0 Å². The van der Waals surface area contributed by atoms with E-state index in [1.165, 1.54) is 30.0 Å². The van der Waals surface area contributed by atoms with E-state index in [0.29, 0.717) is 12.2 Å². The van der Waals surface area contributed by atoms with E-state index in [4.69, 9.17) is 5.26 Å². The highest BCUT2D eigenvalue weighted by Gasteiger charge is 2.20. The van der Waals surface area contributed by atoms with Crippen LogP contribution in [0.4, 0.5) is 10.1 Å². The lowest BCUT2D eigenvalue weighted by Gasteiger charge is -2.22. The Balaban J connectivity index is 3.00. The summed E-state index contributed by atoms with van der Waals surface area (Å²) < 4.78 is 13.0. The van der Waals surface area contributed by atoms with Crippen molar-refractivity contribution in [2.45, 2.75) is 13.8 Å². The Kier molecular flexibility index (Phi) is 4.01. The zero-order valence-electron chi connectivity index (χ0n) is 9.27. The van der Waals surface area contributed by atoms with Gasteiger partial charge in [-0.1, -0.05) is 6.07 Å². The predicted octanol–water partition coefficient (Wildman–Crippen LogP) is 2.34. The first-order chi connectivity index (χ1) is 7.60. The van der Waals surface area contributed by atoms with E-state index in [0.717, 1.165) is 0 Å². The van der Waals surface area contributed by atoms with Gasteiger partial charge in [0, 0.05) is 12.2 Å². The molecule has 3 nitrogen and oxygen atoms in total. The first-order valence-corrected chi connectivity index (χ1v) is 5.06. The molecule has 0 spiro atoms. The molecule has 1 aromatic carbocycles. The molecule has 1 atom stereocenters. The van der Waals surface area contributed by atoms with Crippen molar-refractivity contribution < 1.29 is 9.18 Å². The second-order valence-corrected chi connectivity index (χ2v) is 3.41. The Bertz CT molecular complexity index is 425. The summed E-state index contributed by atoms with van der Waals surface area (Å²) in [6.45, 7) is 3.73. The molecule has 16 heavy (non-hydrogen) atoms. The number of amides is 1. The van der Waals surface area contributed by atoms with Crippen LogP contribution in [0, 0.1) is 23.1 Å². The van der Waals surface area contributed by atoms with Gasteiger partial charge in [-0.2, -0.15) is 5.26 Å². The van der Waals surface area contributed by atoms with Crippen molar-refractivity contribution >= 4 is 11.6 Å². The van der Waals surface area contributed by atoms with Crippen LogP contribution in [0.2, 0.25) is 0 Å². The summed E-state index contributed by atoms with van der Waals surface area (Å²) in [4.78, 5) is 13.2. The van der Waals surface area contributed by atoms with Crippen molar-refractivity contribution in [2.75, 3.05) is 11.4 Å². The van der Waals surface area contributed by atoms with Crippen LogP contribution in [0.3, 0.4) is 0 Å². The quantitative estimate of drug-likeness (QED) is 0.784. The summed E-state index contributed by atoms with van der Waals surface area (Å²) in [5.41, 5.74) is 0.481. The van der Waals surface area contributed by atoms with E-state index < -0.39 is 11.7 Å². The molecule has 4 heteroatoms. The van der Waals surface area contributed by atoms with E-state index >= 15 is 0 Å². The van der Waals surface area contributed by atoms with Gasteiger partial charge in [-0.3, -0.25) is 4.79 Å². The van der Waals surface area contributed by atoms with Gasteiger partial charge in [-0.05, 0) is 32.0 Å². The van der Waals surface area contributed by atoms with Crippen LogP contribution in [-0.4, -0.2) is 12.5 Å². The van der Waals surface area contributed by atoms with Crippen molar-refractivity contribution in [1.29, 1.82) is 5.26 Å². The average molecular weight is 220 g/mol. The minimum Gasteiger partial charge on any atom is -0.311 e. The molecule has 0 saturated carbocycles. The third-order valence-electron chi connectivity index (χ3n) is 2.27. The Labute approximate surface area is 94.1 Å². The smallest absolute Gasteiger partial charge is 0.244 e. The molecule has 0 heterocycles. The van der Waals surface area contributed by atoms with Gasteiger partial charge < -0.3 is 4.90 Å². The molecule has 0 aliphatic heterocycles. The Hall–Kier alpha value is -1.89. The van der Waals surface area contributed by atoms with Gasteiger partial charge in [0.25, 0.3) is 0 Å². The van der Waals surface area contributed by atoms with Crippen molar-refractivity contribution in [3.8, 4) is 6.07 Å². The number of halogens is 1. The molecule has 0 fully saturated rings. The van der Waals surface area contributed by atoms with Gasteiger partial charge in [-0.15, -0.1) is 0 Å². The molecule has 1 amide bonds. The van der Waals surface area contributed by atoms with Crippen molar-refractivity contribution in [3.05, 3.63) is 30.1 Å². The fraction of sp³-hybridized carbons (Fsp3) is 0.333.